The van der Waals surface area contributed by atoms with Crippen LogP contribution in [0, 0.1) is 19.8 Å². The van der Waals surface area contributed by atoms with E-state index in [0.29, 0.717) is 36.7 Å². The molecule has 0 spiro atoms. The van der Waals surface area contributed by atoms with E-state index in [0.717, 1.165) is 22.3 Å². The van der Waals surface area contributed by atoms with E-state index in [1.807, 2.05) is 77.1 Å². The van der Waals surface area contributed by atoms with Crippen molar-refractivity contribution in [2.24, 2.45) is 5.92 Å². The zero-order valence-electron chi connectivity index (χ0n) is 21.8. The highest BCUT2D eigenvalue weighted by Crippen LogP contribution is 2.38. The van der Waals surface area contributed by atoms with Gasteiger partial charge in [0.1, 0.15) is 6.04 Å². The molecule has 4 amide bonds. The van der Waals surface area contributed by atoms with Crippen LogP contribution < -0.4 is 10.6 Å². The molecule has 0 aromatic heterocycles. The van der Waals surface area contributed by atoms with Crippen molar-refractivity contribution in [3.05, 3.63) is 82.1 Å². The van der Waals surface area contributed by atoms with Gasteiger partial charge in [0.15, 0.2) is 0 Å². The summed E-state index contributed by atoms with van der Waals surface area (Å²) in [6.45, 7) is 11.2. The molecule has 0 bridgehead atoms. The lowest BCUT2D eigenvalue weighted by Gasteiger charge is -2.33. The highest BCUT2D eigenvalue weighted by molar-refractivity contribution is 6.03. The van der Waals surface area contributed by atoms with Gasteiger partial charge in [0, 0.05) is 19.5 Å². The Morgan fingerprint density at radius 1 is 1.11 bits per heavy atom. The number of likely N-dealkylation sites (N-methyl/N-ethyl adjacent to an activating group) is 1. The van der Waals surface area contributed by atoms with Crippen LogP contribution in [-0.2, 0) is 16.0 Å². The number of aryl methyl sites for hydroxylation is 2. The standard InChI is InChI=1S/C29H36N4O3/c1-6-32-24-17-33(23(27(34)30-16-18(2)3)15-21-10-8-7-9-11-21)28(35)25(24)26(31-29(32)36)22-13-12-19(4)14-20(22)5/h7-14,18,23,26H,6,15-17H2,1-5H3,(H,30,34)(H,31,36)/t23-,26+/m0/s1. The second-order valence-electron chi connectivity index (χ2n) is 10.1. The fourth-order valence-electron chi connectivity index (χ4n) is 5.09. The van der Waals surface area contributed by atoms with Gasteiger partial charge in [-0.05, 0) is 43.4 Å². The fourth-order valence-corrected chi connectivity index (χ4v) is 5.09. The van der Waals surface area contributed by atoms with Crippen molar-refractivity contribution in [2.45, 2.75) is 53.1 Å². The Labute approximate surface area is 213 Å². The molecule has 7 nitrogen and oxygen atoms in total. The van der Waals surface area contributed by atoms with Crippen molar-refractivity contribution < 1.29 is 14.4 Å². The van der Waals surface area contributed by atoms with Gasteiger partial charge < -0.3 is 15.5 Å². The molecule has 0 aliphatic carbocycles. The monoisotopic (exact) mass is 488 g/mol. The molecule has 2 N–H and O–H groups in total. The molecule has 2 heterocycles. The summed E-state index contributed by atoms with van der Waals surface area (Å²) in [5.74, 6) is -0.0848. The molecule has 7 heteroatoms. The number of benzene rings is 2. The summed E-state index contributed by atoms with van der Waals surface area (Å²) in [7, 11) is 0. The quantitative estimate of drug-likeness (QED) is 0.592. The number of amides is 4. The molecule has 0 unspecified atom stereocenters. The third-order valence-corrected chi connectivity index (χ3v) is 6.94. The lowest BCUT2D eigenvalue weighted by Crippen LogP contribution is -2.50. The van der Waals surface area contributed by atoms with E-state index >= 15 is 0 Å². The smallest absolute Gasteiger partial charge is 0.322 e. The molecule has 2 aliphatic heterocycles. The molecule has 2 aromatic rings. The van der Waals surface area contributed by atoms with Crippen molar-refractivity contribution in [3.63, 3.8) is 0 Å². The minimum atomic E-state index is -0.683. The topological polar surface area (TPSA) is 81.8 Å². The first-order chi connectivity index (χ1) is 17.2. The van der Waals surface area contributed by atoms with Crippen molar-refractivity contribution in [1.82, 2.24) is 20.4 Å². The van der Waals surface area contributed by atoms with E-state index in [9.17, 15) is 14.4 Å². The van der Waals surface area contributed by atoms with E-state index in [1.165, 1.54) is 0 Å². The van der Waals surface area contributed by atoms with Gasteiger partial charge >= 0.3 is 6.03 Å². The average Bonchev–Trinajstić information content (AvgIpc) is 3.18. The van der Waals surface area contributed by atoms with Crippen LogP contribution in [0.1, 0.15) is 49.1 Å². The number of carbonyl (C=O) groups excluding carboxylic acids is 3. The number of hydrogen-bond donors (Lipinski definition) is 2. The van der Waals surface area contributed by atoms with Gasteiger partial charge in [0.25, 0.3) is 5.91 Å². The van der Waals surface area contributed by atoms with Crippen LogP contribution in [0.15, 0.2) is 59.8 Å². The lowest BCUT2D eigenvalue weighted by molar-refractivity contribution is -0.136. The SMILES string of the molecule is CCN1C(=O)N[C@H](c2ccc(C)cc2C)C2=C1CN([C@@H](Cc1ccccc1)C(=O)NCC(C)C)C2=O. The second kappa shape index (κ2) is 10.6. The molecular weight excluding hydrogens is 452 g/mol. The van der Waals surface area contributed by atoms with E-state index in [-0.39, 0.29) is 24.4 Å². The van der Waals surface area contributed by atoms with E-state index in [4.69, 9.17) is 0 Å². The van der Waals surface area contributed by atoms with Gasteiger partial charge in [0.2, 0.25) is 5.91 Å². The second-order valence-corrected chi connectivity index (χ2v) is 10.1. The van der Waals surface area contributed by atoms with Crippen molar-refractivity contribution in [2.75, 3.05) is 19.6 Å². The van der Waals surface area contributed by atoms with Crippen molar-refractivity contribution >= 4 is 17.8 Å². The van der Waals surface area contributed by atoms with Crippen LogP contribution in [-0.4, -0.2) is 53.3 Å². The Balaban J connectivity index is 1.72. The van der Waals surface area contributed by atoms with Gasteiger partial charge in [-0.1, -0.05) is 67.9 Å². The highest BCUT2D eigenvalue weighted by Gasteiger charge is 2.47. The number of nitrogens with one attached hydrogen (secondary N) is 2. The third kappa shape index (κ3) is 5.01. The molecule has 36 heavy (non-hydrogen) atoms. The normalized spacial score (nSPS) is 18.4. The van der Waals surface area contributed by atoms with Gasteiger partial charge in [-0.25, -0.2) is 4.79 Å². The summed E-state index contributed by atoms with van der Waals surface area (Å²) in [6, 6.07) is 14.3. The van der Waals surface area contributed by atoms with Crippen LogP contribution in [0.2, 0.25) is 0 Å². The maximum Gasteiger partial charge on any atom is 0.322 e. The molecule has 2 atom stereocenters. The maximum absolute atomic E-state index is 14.1. The predicted octanol–water partition coefficient (Wildman–Crippen LogP) is 3.87. The molecular formula is C29H36N4O3. The summed E-state index contributed by atoms with van der Waals surface area (Å²) in [5.41, 5.74) is 5.25. The van der Waals surface area contributed by atoms with Crippen LogP contribution in [0.25, 0.3) is 0 Å². The average molecular weight is 489 g/mol. The van der Waals surface area contributed by atoms with E-state index < -0.39 is 12.1 Å². The first kappa shape index (κ1) is 25.5. The third-order valence-electron chi connectivity index (χ3n) is 6.94. The molecule has 0 fully saturated rings. The number of rotatable bonds is 8. The van der Waals surface area contributed by atoms with Gasteiger partial charge in [0.05, 0.1) is 23.9 Å². The maximum atomic E-state index is 14.1. The Morgan fingerprint density at radius 2 is 1.83 bits per heavy atom. The van der Waals surface area contributed by atoms with Crippen LogP contribution in [0.5, 0.6) is 0 Å². The largest absolute Gasteiger partial charge is 0.354 e. The highest BCUT2D eigenvalue weighted by atomic mass is 16.2. The van der Waals surface area contributed by atoms with E-state index in [1.54, 1.807) is 9.80 Å². The van der Waals surface area contributed by atoms with E-state index in [2.05, 4.69) is 16.7 Å². The Bertz CT molecular complexity index is 1190. The predicted molar refractivity (Wildman–Crippen MR) is 140 cm³/mol. The molecule has 0 saturated carbocycles. The first-order valence-electron chi connectivity index (χ1n) is 12.7. The summed E-state index contributed by atoms with van der Waals surface area (Å²) in [5, 5.41) is 6.08. The Kier molecular flexibility index (Phi) is 7.48. The number of carbonyl (C=O) groups is 3. The number of hydrogen-bond acceptors (Lipinski definition) is 3. The Morgan fingerprint density at radius 3 is 2.47 bits per heavy atom. The van der Waals surface area contributed by atoms with Crippen LogP contribution in [0.4, 0.5) is 4.79 Å². The summed E-state index contributed by atoms with van der Waals surface area (Å²) >= 11 is 0. The first-order valence-corrected chi connectivity index (χ1v) is 12.7. The molecule has 0 saturated heterocycles. The zero-order valence-corrected chi connectivity index (χ0v) is 21.8. The van der Waals surface area contributed by atoms with Crippen LogP contribution in [0.3, 0.4) is 0 Å². The van der Waals surface area contributed by atoms with Gasteiger partial charge in [-0.2, -0.15) is 0 Å². The fraction of sp³-hybridized carbons (Fsp3) is 0.414. The lowest BCUT2D eigenvalue weighted by atomic mass is 9.91. The number of nitrogens with zero attached hydrogens (tertiary/aromatic N) is 2. The summed E-state index contributed by atoms with van der Waals surface area (Å²) in [6.07, 6.45) is 0.402. The van der Waals surface area contributed by atoms with Crippen LogP contribution >= 0.6 is 0 Å². The van der Waals surface area contributed by atoms with Crippen molar-refractivity contribution in [1.29, 1.82) is 0 Å². The molecule has 2 aliphatic rings. The minimum Gasteiger partial charge on any atom is -0.354 e. The molecule has 190 valence electrons. The zero-order chi connectivity index (χ0) is 26.0. The summed E-state index contributed by atoms with van der Waals surface area (Å²) < 4.78 is 0. The van der Waals surface area contributed by atoms with Gasteiger partial charge in [-0.3, -0.25) is 14.5 Å². The number of urea groups is 1. The molecule has 2 aromatic carbocycles. The van der Waals surface area contributed by atoms with Gasteiger partial charge in [-0.15, -0.1) is 0 Å². The minimum absolute atomic E-state index is 0.175. The Hall–Kier alpha value is -3.61. The summed E-state index contributed by atoms with van der Waals surface area (Å²) in [4.78, 5) is 43.8. The molecule has 0 radical (unpaired) electrons. The van der Waals surface area contributed by atoms with Crippen molar-refractivity contribution in [3.8, 4) is 0 Å². The molecule has 4 rings (SSSR count).